The number of aromatic nitrogens is 4. The van der Waals surface area contributed by atoms with Crippen LogP contribution in [0.3, 0.4) is 0 Å². The Morgan fingerprint density at radius 1 is 1.09 bits per heavy atom. The van der Waals surface area contributed by atoms with Crippen molar-refractivity contribution in [3.05, 3.63) is 87.2 Å². The molecule has 5 rings (SSSR count). The number of furan rings is 1. The summed E-state index contributed by atoms with van der Waals surface area (Å²) < 4.78 is 7.11. The number of thiophene rings is 1. The van der Waals surface area contributed by atoms with Gasteiger partial charge in [0, 0.05) is 36.1 Å². The molecule has 1 amide bonds. The van der Waals surface area contributed by atoms with Crippen molar-refractivity contribution in [2.45, 2.75) is 12.6 Å². The first-order valence-electron chi connectivity index (χ1n) is 10.3. The molecule has 1 aliphatic heterocycles. The molecule has 32 heavy (non-hydrogen) atoms. The van der Waals surface area contributed by atoms with E-state index in [9.17, 15) is 4.79 Å². The largest absolute Gasteiger partial charge is 0.459 e. The zero-order valence-electron chi connectivity index (χ0n) is 17.2. The van der Waals surface area contributed by atoms with Gasteiger partial charge in [-0.05, 0) is 45.6 Å². The number of nitrogens with zero attached hydrogens (tertiary/aromatic N) is 6. The molecule has 1 fully saturated rings. The van der Waals surface area contributed by atoms with E-state index < -0.39 is 0 Å². The molecule has 8 nitrogen and oxygen atoms in total. The van der Waals surface area contributed by atoms with Crippen molar-refractivity contribution < 1.29 is 9.21 Å². The molecule has 1 saturated heterocycles. The molecule has 1 atom stereocenters. The fraction of sp³-hybridized carbons (Fsp3) is 0.273. The van der Waals surface area contributed by atoms with Crippen LogP contribution < -0.4 is 0 Å². The maximum absolute atomic E-state index is 12.7. The third-order valence-electron chi connectivity index (χ3n) is 5.59. The highest BCUT2D eigenvalue weighted by Crippen LogP contribution is 2.33. The highest BCUT2D eigenvalue weighted by atomic mass is 35.5. The Hall–Kier alpha value is -3.01. The van der Waals surface area contributed by atoms with E-state index in [0.717, 1.165) is 11.4 Å². The van der Waals surface area contributed by atoms with E-state index in [1.54, 1.807) is 23.5 Å². The van der Waals surface area contributed by atoms with Crippen LogP contribution in [0.4, 0.5) is 0 Å². The van der Waals surface area contributed by atoms with E-state index >= 15 is 0 Å². The molecule has 0 unspecified atom stereocenters. The number of tetrazole rings is 1. The molecule has 1 aliphatic rings. The lowest BCUT2D eigenvalue weighted by atomic mass is 10.0. The Labute approximate surface area is 194 Å². The van der Waals surface area contributed by atoms with Gasteiger partial charge in [0.2, 0.25) is 0 Å². The van der Waals surface area contributed by atoms with E-state index in [1.165, 1.54) is 11.1 Å². The summed E-state index contributed by atoms with van der Waals surface area (Å²) in [6, 6.07) is 15.1. The summed E-state index contributed by atoms with van der Waals surface area (Å²) in [6.45, 7) is 3.07. The third kappa shape index (κ3) is 4.19. The fourth-order valence-electron chi connectivity index (χ4n) is 4.01. The Bertz CT molecular complexity index is 1170. The number of benzene rings is 1. The van der Waals surface area contributed by atoms with Gasteiger partial charge in [-0.1, -0.05) is 35.9 Å². The summed E-state index contributed by atoms with van der Waals surface area (Å²) in [5, 5.41) is 15.3. The van der Waals surface area contributed by atoms with Gasteiger partial charge in [0.05, 0.1) is 18.8 Å². The van der Waals surface area contributed by atoms with Gasteiger partial charge in [-0.2, -0.15) is 0 Å². The second-order valence-electron chi connectivity index (χ2n) is 7.50. The van der Waals surface area contributed by atoms with Crippen LogP contribution in [0.2, 0.25) is 5.02 Å². The van der Waals surface area contributed by atoms with Crippen molar-refractivity contribution in [2.75, 3.05) is 26.2 Å². The van der Waals surface area contributed by atoms with Gasteiger partial charge in [0.25, 0.3) is 5.91 Å². The smallest absolute Gasteiger partial charge is 0.289 e. The predicted octanol–water partition coefficient (Wildman–Crippen LogP) is 3.58. The van der Waals surface area contributed by atoms with Crippen molar-refractivity contribution in [3.8, 4) is 0 Å². The third-order valence-corrected chi connectivity index (χ3v) is 6.79. The molecule has 1 aromatic carbocycles. The van der Waals surface area contributed by atoms with Crippen LogP contribution in [0.15, 0.2) is 64.6 Å². The Balaban J connectivity index is 1.42. The quantitative estimate of drug-likeness (QED) is 0.430. The van der Waals surface area contributed by atoms with Gasteiger partial charge in [0.1, 0.15) is 0 Å². The molecule has 4 aromatic rings. The van der Waals surface area contributed by atoms with Crippen LogP contribution >= 0.6 is 22.9 Å². The molecule has 4 heterocycles. The van der Waals surface area contributed by atoms with E-state index in [1.807, 2.05) is 45.3 Å². The summed E-state index contributed by atoms with van der Waals surface area (Å²) in [5.74, 6) is 1.00. The van der Waals surface area contributed by atoms with Crippen molar-refractivity contribution in [1.82, 2.24) is 30.0 Å². The number of halogens is 1. The molecule has 164 valence electrons. The normalized spacial score (nSPS) is 15.7. The minimum absolute atomic E-state index is 0.0912. The molecule has 0 aliphatic carbocycles. The lowest BCUT2D eigenvalue weighted by molar-refractivity contribution is 0.0559. The number of rotatable bonds is 6. The van der Waals surface area contributed by atoms with E-state index in [-0.39, 0.29) is 11.9 Å². The van der Waals surface area contributed by atoms with Gasteiger partial charge in [-0.15, -0.1) is 16.4 Å². The Morgan fingerprint density at radius 2 is 1.94 bits per heavy atom. The first-order chi connectivity index (χ1) is 15.7. The number of carbonyl (C=O) groups excluding carboxylic acids is 1. The van der Waals surface area contributed by atoms with E-state index in [4.69, 9.17) is 16.0 Å². The molecule has 3 aromatic heterocycles. The average Bonchev–Trinajstić information content (AvgIpc) is 3.60. The number of carbonyl (C=O) groups is 1. The molecule has 0 radical (unpaired) electrons. The van der Waals surface area contributed by atoms with Crippen LogP contribution in [-0.2, 0) is 6.54 Å². The summed E-state index contributed by atoms with van der Waals surface area (Å²) >= 11 is 8.29. The zero-order chi connectivity index (χ0) is 21.9. The predicted molar refractivity (Wildman–Crippen MR) is 121 cm³/mol. The summed E-state index contributed by atoms with van der Waals surface area (Å²) in [5.41, 5.74) is 0.946. The summed E-state index contributed by atoms with van der Waals surface area (Å²) in [6.07, 6.45) is 1.52. The molecular formula is C22H21ClN6O2S. The van der Waals surface area contributed by atoms with Crippen LogP contribution in [0.1, 0.15) is 32.9 Å². The number of amides is 1. The van der Waals surface area contributed by atoms with Crippen molar-refractivity contribution in [3.63, 3.8) is 0 Å². The van der Waals surface area contributed by atoms with Crippen molar-refractivity contribution in [1.29, 1.82) is 0 Å². The van der Waals surface area contributed by atoms with Gasteiger partial charge in [-0.3, -0.25) is 9.69 Å². The van der Waals surface area contributed by atoms with Crippen LogP contribution in [0.25, 0.3) is 0 Å². The number of hydrogen-bond acceptors (Lipinski definition) is 7. The second kappa shape index (κ2) is 9.23. The Kier molecular flexibility index (Phi) is 6.02. The summed E-state index contributed by atoms with van der Waals surface area (Å²) in [4.78, 5) is 17.9. The van der Waals surface area contributed by atoms with Gasteiger partial charge < -0.3 is 9.32 Å². The molecule has 0 spiro atoms. The van der Waals surface area contributed by atoms with Crippen LogP contribution in [0, 0.1) is 0 Å². The molecule has 0 saturated carbocycles. The van der Waals surface area contributed by atoms with Crippen molar-refractivity contribution >= 4 is 28.8 Å². The fourth-order valence-corrected chi connectivity index (χ4v) is 4.93. The molecule has 0 bridgehead atoms. The minimum atomic E-state index is -0.223. The van der Waals surface area contributed by atoms with Crippen LogP contribution in [0.5, 0.6) is 0 Å². The first kappa shape index (κ1) is 20.9. The maximum Gasteiger partial charge on any atom is 0.289 e. The van der Waals surface area contributed by atoms with Gasteiger partial charge in [-0.25, -0.2) is 4.68 Å². The first-order valence-corrected chi connectivity index (χ1v) is 11.6. The Morgan fingerprint density at radius 3 is 2.66 bits per heavy atom. The van der Waals surface area contributed by atoms with Gasteiger partial charge >= 0.3 is 0 Å². The topological polar surface area (TPSA) is 80.3 Å². The minimum Gasteiger partial charge on any atom is -0.459 e. The second-order valence-corrected chi connectivity index (χ2v) is 8.94. The monoisotopic (exact) mass is 468 g/mol. The zero-order valence-corrected chi connectivity index (χ0v) is 18.7. The maximum atomic E-state index is 12.7. The average molecular weight is 469 g/mol. The molecule has 10 heteroatoms. The van der Waals surface area contributed by atoms with Crippen LogP contribution in [-0.4, -0.2) is 62.1 Å². The van der Waals surface area contributed by atoms with Gasteiger partial charge in [0.15, 0.2) is 11.6 Å². The number of piperazine rings is 1. The standard InChI is InChI=1S/C22H21ClN6O2S/c23-18-7-2-1-6-17(18)20(21-24-25-26-29(21)15-16-5-4-14-32-16)27-9-11-28(12-10-27)22(30)19-8-3-13-31-19/h1-8,13-14,20H,9-12,15H2/t20-/m0/s1. The number of hydrogen-bond donors (Lipinski definition) is 0. The van der Waals surface area contributed by atoms with E-state index in [0.29, 0.717) is 43.5 Å². The van der Waals surface area contributed by atoms with E-state index in [2.05, 4.69) is 26.5 Å². The lowest BCUT2D eigenvalue weighted by Crippen LogP contribution is -2.50. The summed E-state index contributed by atoms with van der Waals surface area (Å²) in [7, 11) is 0. The molecular weight excluding hydrogens is 448 g/mol. The van der Waals surface area contributed by atoms with Crippen molar-refractivity contribution in [2.24, 2.45) is 0 Å². The molecule has 0 N–H and O–H groups in total. The highest BCUT2D eigenvalue weighted by molar-refractivity contribution is 7.09. The highest BCUT2D eigenvalue weighted by Gasteiger charge is 2.33. The SMILES string of the molecule is O=C(c1ccco1)N1CCN([C@@H](c2ccccc2Cl)c2nnnn2Cc2cccs2)CC1. The lowest BCUT2D eigenvalue weighted by Gasteiger charge is -2.38.